The lowest BCUT2D eigenvalue weighted by atomic mass is 9.81. The first kappa shape index (κ1) is 21.8. The zero-order chi connectivity index (χ0) is 23.2. The third-order valence-electron chi connectivity index (χ3n) is 6.35. The van der Waals surface area contributed by atoms with Crippen LogP contribution in [0.25, 0.3) is 16.7 Å². The van der Waals surface area contributed by atoms with E-state index in [4.69, 9.17) is 9.84 Å². The first-order valence-electron chi connectivity index (χ1n) is 11.1. The molecule has 3 aromatic rings. The van der Waals surface area contributed by atoms with Gasteiger partial charge in [-0.15, -0.1) is 0 Å². The number of nitrogens with zero attached hydrogens (tertiary/aromatic N) is 4. The maximum absolute atomic E-state index is 12.8. The number of carbonyl (C=O) groups is 1. The number of aromatic nitrogens is 3. The Morgan fingerprint density at radius 2 is 1.94 bits per heavy atom. The fourth-order valence-corrected chi connectivity index (χ4v) is 4.97. The fourth-order valence-electron chi connectivity index (χ4n) is 4.53. The maximum Gasteiger partial charge on any atom is 0.283 e. The normalized spacial score (nSPS) is 17.1. The molecule has 3 heterocycles. The Kier molecular flexibility index (Phi) is 5.57. The van der Waals surface area contributed by atoms with Gasteiger partial charge in [-0.1, -0.05) is 24.6 Å². The number of amides is 1. The van der Waals surface area contributed by atoms with E-state index in [1.807, 2.05) is 35.1 Å². The molecule has 1 aliphatic carbocycles. The molecule has 0 spiro atoms. The zero-order valence-electron chi connectivity index (χ0n) is 18.7. The number of hydrogen-bond donors (Lipinski definition) is 1. The number of para-hydroxylation sites is 1. The molecule has 1 amide bonds. The minimum atomic E-state index is -3.72. The summed E-state index contributed by atoms with van der Waals surface area (Å²) in [5, 5.41) is 5.91. The van der Waals surface area contributed by atoms with Gasteiger partial charge in [-0.3, -0.25) is 4.79 Å². The lowest BCUT2D eigenvalue weighted by Gasteiger charge is -2.41. The monoisotopic (exact) mass is 469 g/mol. The van der Waals surface area contributed by atoms with E-state index in [0.717, 1.165) is 54.6 Å². The van der Waals surface area contributed by atoms with Crippen molar-refractivity contribution in [2.24, 2.45) is 5.92 Å². The summed E-state index contributed by atoms with van der Waals surface area (Å²) in [6, 6.07) is 11.4. The topological polar surface area (TPSA) is 106 Å². The molecule has 9 nitrogen and oxygen atoms in total. The van der Waals surface area contributed by atoms with Gasteiger partial charge < -0.3 is 9.64 Å². The van der Waals surface area contributed by atoms with Crippen molar-refractivity contribution in [3.8, 4) is 5.69 Å². The standard InChI is InChI=1S/C23H27N5O4S/c1-32-14-15-12-27(13-15)19-11-18(23(29)26-33(2,30)31)24-22-20(19)21(16-7-6-8-16)25-28(22)17-9-4-3-5-10-17/h3-5,9-11,15-16H,6-8,12-14H2,1-2H3,(H,26,29). The summed E-state index contributed by atoms with van der Waals surface area (Å²) in [6.07, 6.45) is 4.27. The summed E-state index contributed by atoms with van der Waals surface area (Å²) in [6.45, 7) is 2.26. The van der Waals surface area contributed by atoms with Gasteiger partial charge in [0.2, 0.25) is 10.0 Å². The van der Waals surface area contributed by atoms with Crippen LogP contribution in [0.15, 0.2) is 36.4 Å². The van der Waals surface area contributed by atoms with Crippen LogP contribution >= 0.6 is 0 Å². The summed E-state index contributed by atoms with van der Waals surface area (Å²) >= 11 is 0. The van der Waals surface area contributed by atoms with Gasteiger partial charge in [0.25, 0.3) is 5.91 Å². The predicted octanol–water partition coefficient (Wildman–Crippen LogP) is 2.46. The molecule has 1 aromatic carbocycles. The number of carbonyl (C=O) groups excluding carboxylic acids is 1. The van der Waals surface area contributed by atoms with E-state index in [1.165, 1.54) is 6.42 Å². The Labute approximate surface area is 192 Å². The largest absolute Gasteiger partial charge is 0.384 e. The molecule has 10 heteroatoms. The molecule has 2 aromatic heterocycles. The molecular formula is C23H27N5O4S. The Bertz CT molecular complexity index is 1300. The molecular weight excluding hydrogens is 442 g/mol. The van der Waals surface area contributed by atoms with E-state index in [1.54, 1.807) is 17.9 Å². The third-order valence-corrected chi connectivity index (χ3v) is 6.90. The first-order chi connectivity index (χ1) is 15.8. The molecule has 1 aliphatic heterocycles. The van der Waals surface area contributed by atoms with E-state index in [9.17, 15) is 13.2 Å². The molecule has 33 heavy (non-hydrogen) atoms. The van der Waals surface area contributed by atoms with Gasteiger partial charge in [0.05, 0.1) is 35.3 Å². The molecule has 2 aliphatic rings. The summed E-state index contributed by atoms with van der Waals surface area (Å²) in [5.74, 6) is 0.00760. The third kappa shape index (κ3) is 4.20. The highest BCUT2D eigenvalue weighted by molar-refractivity contribution is 7.89. The quantitative estimate of drug-likeness (QED) is 0.566. The Morgan fingerprint density at radius 3 is 2.55 bits per heavy atom. The molecule has 1 saturated carbocycles. The number of nitrogens with one attached hydrogen (secondary N) is 1. The Hall–Kier alpha value is -2.98. The van der Waals surface area contributed by atoms with Gasteiger partial charge in [-0.25, -0.2) is 22.8 Å². The number of ether oxygens (including phenoxy) is 1. The van der Waals surface area contributed by atoms with E-state index < -0.39 is 15.9 Å². The summed E-state index contributed by atoms with van der Waals surface area (Å²) in [7, 11) is -2.03. The summed E-state index contributed by atoms with van der Waals surface area (Å²) in [4.78, 5) is 19.6. The molecule has 0 unspecified atom stereocenters. The zero-order valence-corrected chi connectivity index (χ0v) is 19.5. The molecule has 0 bridgehead atoms. The van der Waals surface area contributed by atoms with Crippen molar-refractivity contribution in [2.75, 3.05) is 38.0 Å². The number of sulfonamides is 1. The lowest BCUT2D eigenvalue weighted by Crippen LogP contribution is -2.49. The van der Waals surface area contributed by atoms with Gasteiger partial charge in [-0.2, -0.15) is 5.10 Å². The molecule has 174 valence electrons. The molecule has 0 atom stereocenters. The highest BCUT2D eigenvalue weighted by atomic mass is 32.2. The molecule has 2 fully saturated rings. The van der Waals surface area contributed by atoms with Crippen molar-refractivity contribution in [2.45, 2.75) is 25.2 Å². The highest BCUT2D eigenvalue weighted by Gasteiger charge is 2.34. The Balaban J connectivity index is 1.69. The average Bonchev–Trinajstić information content (AvgIpc) is 3.07. The number of rotatable bonds is 7. The minimum Gasteiger partial charge on any atom is -0.384 e. The van der Waals surface area contributed by atoms with Crippen molar-refractivity contribution < 1.29 is 17.9 Å². The van der Waals surface area contributed by atoms with Gasteiger partial charge in [0.15, 0.2) is 5.65 Å². The van der Waals surface area contributed by atoms with Crippen LogP contribution in [0.4, 0.5) is 5.69 Å². The van der Waals surface area contributed by atoms with Crippen molar-refractivity contribution in [1.29, 1.82) is 0 Å². The van der Waals surface area contributed by atoms with Crippen LogP contribution in [0, 0.1) is 5.92 Å². The molecule has 0 radical (unpaired) electrons. The van der Waals surface area contributed by atoms with Crippen LogP contribution in [-0.2, 0) is 14.8 Å². The molecule has 5 rings (SSSR count). The second-order valence-corrected chi connectivity index (χ2v) is 10.7. The minimum absolute atomic E-state index is 0.0513. The SMILES string of the molecule is COCC1CN(c2cc(C(=O)NS(C)(=O)=O)nc3c2c(C2CCC2)nn3-c2ccccc2)C1. The van der Waals surface area contributed by atoms with Gasteiger partial charge in [0.1, 0.15) is 5.69 Å². The van der Waals surface area contributed by atoms with E-state index in [0.29, 0.717) is 24.1 Å². The summed E-state index contributed by atoms with van der Waals surface area (Å²) in [5.41, 5.74) is 3.32. The number of methoxy groups -OCH3 is 1. The molecule has 1 N–H and O–H groups in total. The predicted molar refractivity (Wildman–Crippen MR) is 125 cm³/mol. The van der Waals surface area contributed by atoms with E-state index >= 15 is 0 Å². The van der Waals surface area contributed by atoms with Crippen molar-refractivity contribution in [3.05, 3.63) is 47.8 Å². The second kappa shape index (κ2) is 8.42. The van der Waals surface area contributed by atoms with Gasteiger partial charge >= 0.3 is 0 Å². The van der Waals surface area contributed by atoms with Gasteiger partial charge in [0, 0.05) is 32.0 Å². The average molecular weight is 470 g/mol. The van der Waals surface area contributed by atoms with Crippen LogP contribution in [-0.4, -0.2) is 62.2 Å². The Morgan fingerprint density at radius 1 is 1.21 bits per heavy atom. The number of fused-ring (bicyclic) bond motifs is 1. The van der Waals surface area contributed by atoms with Crippen molar-refractivity contribution in [1.82, 2.24) is 19.5 Å². The van der Waals surface area contributed by atoms with Crippen LogP contribution < -0.4 is 9.62 Å². The van der Waals surface area contributed by atoms with Crippen LogP contribution in [0.5, 0.6) is 0 Å². The smallest absolute Gasteiger partial charge is 0.283 e. The maximum atomic E-state index is 12.8. The highest BCUT2D eigenvalue weighted by Crippen LogP contribution is 2.43. The fraction of sp³-hybridized carbons (Fsp3) is 0.435. The second-order valence-electron chi connectivity index (χ2n) is 8.92. The number of pyridine rings is 1. The first-order valence-corrected chi connectivity index (χ1v) is 13.0. The lowest BCUT2D eigenvalue weighted by molar-refractivity contribution is 0.0977. The summed E-state index contributed by atoms with van der Waals surface area (Å²) < 4.78 is 32.5. The number of hydrogen-bond acceptors (Lipinski definition) is 7. The van der Waals surface area contributed by atoms with Crippen molar-refractivity contribution in [3.63, 3.8) is 0 Å². The van der Waals surface area contributed by atoms with Crippen molar-refractivity contribution >= 4 is 32.7 Å². The van der Waals surface area contributed by atoms with Crippen LogP contribution in [0.3, 0.4) is 0 Å². The van der Waals surface area contributed by atoms with Crippen LogP contribution in [0.1, 0.15) is 41.4 Å². The van der Waals surface area contributed by atoms with E-state index in [2.05, 4.69) is 9.88 Å². The van der Waals surface area contributed by atoms with Gasteiger partial charge in [-0.05, 0) is 31.0 Å². The number of anilines is 1. The van der Waals surface area contributed by atoms with Crippen LogP contribution in [0.2, 0.25) is 0 Å². The van der Waals surface area contributed by atoms with E-state index in [-0.39, 0.29) is 5.69 Å². The molecule has 1 saturated heterocycles. The number of benzene rings is 1.